The Hall–Kier alpha value is -5.43. The molecule has 416 valence electrons. The first-order chi connectivity index (χ1) is 36.5. The highest BCUT2D eigenvalue weighted by molar-refractivity contribution is 6.16. The fraction of sp³-hybridized carbons (Fsp3) is 0.571. The molecule has 0 spiro atoms. The second-order valence-corrected chi connectivity index (χ2v) is 19.3. The number of unbranched alkanes of at least 4 members (excludes halogenated alkanes) is 18. The maximum atomic E-state index is 12.3. The van der Waals surface area contributed by atoms with Gasteiger partial charge in [-0.15, -0.1) is 0 Å². The van der Waals surface area contributed by atoms with Crippen molar-refractivity contribution in [1.82, 2.24) is 0 Å². The molecule has 12 nitrogen and oxygen atoms in total. The number of ether oxygens (including phenoxy) is 9. The van der Waals surface area contributed by atoms with Gasteiger partial charge in [-0.25, -0.2) is 14.4 Å². The van der Waals surface area contributed by atoms with E-state index in [1.54, 1.807) is 36.4 Å². The van der Waals surface area contributed by atoms with Crippen LogP contribution in [0.3, 0.4) is 0 Å². The maximum absolute atomic E-state index is 12.3. The molecule has 0 aliphatic carbocycles. The standard InChI is InChI=1S/C63H92O12/c1-10-13-16-19-22-25-28-31-58(72-54-40-34-51(35-41-54)48(4)61(64)67-7)70-46-57(75-60(33-30-27-24-21-18-15-12-3)74-56-44-38-53(39-45-56)50(6)63(66)69-9)47-71-59(32-29-26-23-20-17-14-11-2)73-55-42-36-52(37-43-55)49(5)62(65)68-8/h34-45,57-60H,4-6,10-33,46-47H2,1-3,7-9H3. The number of benzene rings is 3. The number of esters is 3. The average molecular weight is 1040 g/mol. The lowest BCUT2D eigenvalue weighted by atomic mass is 10.1. The Kier molecular flexibility index (Phi) is 33.2. The second kappa shape index (κ2) is 39.0. The molecule has 0 heterocycles. The first-order valence-corrected chi connectivity index (χ1v) is 28.0. The summed E-state index contributed by atoms with van der Waals surface area (Å²) in [7, 11) is 4.01. The Morgan fingerprint density at radius 2 is 0.627 bits per heavy atom. The molecule has 3 aromatic rings. The van der Waals surface area contributed by atoms with Gasteiger partial charge in [-0.2, -0.15) is 0 Å². The number of methoxy groups -OCH3 is 3. The fourth-order valence-corrected chi connectivity index (χ4v) is 8.46. The van der Waals surface area contributed by atoms with Crippen molar-refractivity contribution in [3.05, 3.63) is 109 Å². The van der Waals surface area contributed by atoms with Crippen molar-refractivity contribution in [2.75, 3.05) is 34.5 Å². The van der Waals surface area contributed by atoms with Crippen molar-refractivity contribution in [2.45, 2.75) is 200 Å². The molecule has 0 radical (unpaired) electrons. The lowest BCUT2D eigenvalue weighted by Crippen LogP contribution is -2.37. The number of hydrogen-bond acceptors (Lipinski definition) is 12. The van der Waals surface area contributed by atoms with Gasteiger partial charge in [0.05, 0.1) is 51.3 Å². The summed E-state index contributed by atoms with van der Waals surface area (Å²) in [6.07, 6.45) is 23.1. The molecule has 0 aromatic heterocycles. The third-order valence-corrected chi connectivity index (χ3v) is 13.1. The highest BCUT2D eigenvalue weighted by atomic mass is 16.7. The molecule has 0 saturated heterocycles. The Balaban J connectivity index is 1.98. The minimum atomic E-state index is -0.677. The predicted octanol–water partition coefficient (Wildman–Crippen LogP) is 15.6. The van der Waals surface area contributed by atoms with E-state index in [0.717, 1.165) is 57.8 Å². The van der Waals surface area contributed by atoms with Gasteiger partial charge in [0.1, 0.15) is 23.4 Å². The summed E-state index contributed by atoms with van der Waals surface area (Å²) in [6, 6.07) is 21.6. The van der Waals surface area contributed by atoms with Gasteiger partial charge in [-0.05, 0) is 72.4 Å². The van der Waals surface area contributed by atoms with Crippen molar-refractivity contribution in [2.24, 2.45) is 0 Å². The molecule has 0 fully saturated rings. The smallest absolute Gasteiger partial charge is 0.337 e. The van der Waals surface area contributed by atoms with Gasteiger partial charge in [0.2, 0.25) is 0 Å². The number of carbonyl (C=O) groups excluding carboxylic acids is 3. The van der Waals surface area contributed by atoms with E-state index in [4.69, 9.17) is 42.6 Å². The van der Waals surface area contributed by atoms with Crippen molar-refractivity contribution in [1.29, 1.82) is 0 Å². The van der Waals surface area contributed by atoms with Crippen LogP contribution in [0.25, 0.3) is 16.7 Å². The summed E-state index contributed by atoms with van der Waals surface area (Å²) in [5.74, 6) is 0.243. The molecule has 0 amide bonds. The zero-order valence-corrected chi connectivity index (χ0v) is 46.6. The quantitative estimate of drug-likeness (QED) is 0.0175. The molecule has 0 saturated carbocycles. The van der Waals surface area contributed by atoms with E-state index >= 15 is 0 Å². The van der Waals surface area contributed by atoms with Gasteiger partial charge in [0.15, 0.2) is 18.9 Å². The van der Waals surface area contributed by atoms with E-state index in [0.29, 0.717) is 53.2 Å². The molecule has 0 aliphatic rings. The lowest BCUT2D eigenvalue weighted by Gasteiger charge is -2.29. The van der Waals surface area contributed by atoms with Gasteiger partial charge in [0, 0.05) is 19.3 Å². The molecule has 3 aromatic carbocycles. The number of rotatable bonds is 44. The zero-order valence-electron chi connectivity index (χ0n) is 46.6. The summed E-state index contributed by atoms with van der Waals surface area (Å²) in [5, 5.41) is 0. The molecule has 3 atom stereocenters. The van der Waals surface area contributed by atoms with Crippen molar-refractivity contribution >= 4 is 34.6 Å². The van der Waals surface area contributed by atoms with Gasteiger partial charge in [0.25, 0.3) is 0 Å². The summed E-state index contributed by atoms with van der Waals surface area (Å²) in [5.41, 5.74) is 2.66. The molecular weight excluding hydrogens is 949 g/mol. The van der Waals surface area contributed by atoms with E-state index in [2.05, 4.69) is 40.5 Å². The molecular formula is C63H92O12. The number of hydrogen-bond donors (Lipinski definition) is 0. The highest BCUT2D eigenvalue weighted by Crippen LogP contribution is 2.27. The molecule has 12 heteroatoms. The van der Waals surface area contributed by atoms with Crippen LogP contribution < -0.4 is 14.2 Å². The monoisotopic (exact) mass is 1040 g/mol. The summed E-state index contributed by atoms with van der Waals surface area (Å²) < 4.78 is 54.9. The maximum Gasteiger partial charge on any atom is 0.337 e. The largest absolute Gasteiger partial charge is 0.465 e. The fourth-order valence-electron chi connectivity index (χ4n) is 8.46. The lowest BCUT2D eigenvalue weighted by molar-refractivity contribution is -0.199. The van der Waals surface area contributed by atoms with Crippen molar-refractivity contribution in [3.63, 3.8) is 0 Å². The van der Waals surface area contributed by atoms with Gasteiger partial charge in [-0.1, -0.05) is 192 Å². The molecule has 75 heavy (non-hydrogen) atoms. The Morgan fingerprint density at radius 1 is 0.373 bits per heavy atom. The minimum absolute atomic E-state index is 0.113. The van der Waals surface area contributed by atoms with Crippen LogP contribution in [0.2, 0.25) is 0 Å². The first kappa shape index (κ1) is 63.9. The zero-order chi connectivity index (χ0) is 54.5. The highest BCUT2D eigenvalue weighted by Gasteiger charge is 2.25. The summed E-state index contributed by atoms with van der Waals surface area (Å²) in [6.45, 7) is 18.6. The summed E-state index contributed by atoms with van der Waals surface area (Å²) >= 11 is 0. The molecule has 0 N–H and O–H groups in total. The molecule has 0 bridgehead atoms. The van der Waals surface area contributed by atoms with Gasteiger partial charge >= 0.3 is 17.9 Å². The van der Waals surface area contributed by atoms with Crippen LogP contribution >= 0.6 is 0 Å². The van der Waals surface area contributed by atoms with E-state index in [1.807, 2.05) is 36.4 Å². The molecule has 3 rings (SSSR count). The van der Waals surface area contributed by atoms with Crippen molar-refractivity contribution < 1.29 is 57.0 Å². The Morgan fingerprint density at radius 3 is 0.907 bits per heavy atom. The van der Waals surface area contributed by atoms with Crippen molar-refractivity contribution in [3.8, 4) is 17.2 Å². The van der Waals surface area contributed by atoms with Crippen LogP contribution in [0.4, 0.5) is 0 Å². The summed E-state index contributed by atoms with van der Waals surface area (Å²) in [4.78, 5) is 36.8. The van der Waals surface area contributed by atoms with E-state index < -0.39 is 42.9 Å². The van der Waals surface area contributed by atoms with Crippen LogP contribution in [-0.4, -0.2) is 77.4 Å². The van der Waals surface area contributed by atoms with Crippen LogP contribution in [0.15, 0.2) is 92.5 Å². The third-order valence-electron chi connectivity index (χ3n) is 13.1. The van der Waals surface area contributed by atoms with Gasteiger partial charge < -0.3 is 42.6 Å². The van der Waals surface area contributed by atoms with E-state index in [1.165, 1.54) is 98.4 Å². The van der Waals surface area contributed by atoms with Gasteiger partial charge in [-0.3, -0.25) is 0 Å². The van der Waals surface area contributed by atoms with Crippen LogP contribution in [-0.2, 0) is 42.8 Å². The normalized spacial score (nSPS) is 12.7. The van der Waals surface area contributed by atoms with Crippen LogP contribution in [0.1, 0.15) is 192 Å². The predicted molar refractivity (Wildman–Crippen MR) is 300 cm³/mol. The average Bonchev–Trinajstić information content (AvgIpc) is 3.43. The second-order valence-electron chi connectivity index (χ2n) is 19.3. The number of carbonyl (C=O) groups is 3. The molecule has 0 aliphatic heterocycles. The Labute approximate surface area is 450 Å². The van der Waals surface area contributed by atoms with E-state index in [9.17, 15) is 14.4 Å². The SMILES string of the molecule is C=C(C(=O)OC)c1ccc(OC(CCCCCCCCC)OCC(COC(CCCCCCCCC)Oc2ccc(C(=C)C(=O)OC)cc2)OC(CCCCCCCCC)Oc2ccc(C(=C)C(=O)OC)cc2)cc1. The van der Waals surface area contributed by atoms with E-state index in [-0.39, 0.29) is 29.9 Å². The minimum Gasteiger partial charge on any atom is -0.465 e. The molecule has 3 unspecified atom stereocenters. The Bertz CT molecular complexity index is 1960. The van der Waals surface area contributed by atoms with Crippen LogP contribution in [0, 0.1) is 0 Å². The van der Waals surface area contributed by atoms with Crippen LogP contribution in [0.5, 0.6) is 17.2 Å². The first-order valence-electron chi connectivity index (χ1n) is 28.0. The third kappa shape index (κ3) is 26.3. The topological polar surface area (TPSA) is 134 Å².